The molecule has 3 rings (SSSR count). The van der Waals surface area contributed by atoms with Gasteiger partial charge in [-0.05, 0) is 24.6 Å². The molecule has 0 saturated heterocycles. The Bertz CT molecular complexity index is 825. The maximum Gasteiger partial charge on any atom is 0.269 e. The number of aromatic nitrogens is 1. The van der Waals surface area contributed by atoms with Gasteiger partial charge in [0.05, 0.1) is 22.4 Å². The van der Waals surface area contributed by atoms with Gasteiger partial charge in [-0.3, -0.25) is 9.79 Å². The van der Waals surface area contributed by atoms with Gasteiger partial charge in [-0.25, -0.2) is 4.98 Å². The van der Waals surface area contributed by atoms with Crippen molar-refractivity contribution >= 4 is 46.4 Å². The molecular formula is C16H16Cl2N4O2. The van der Waals surface area contributed by atoms with E-state index in [9.17, 15) is 9.90 Å². The lowest BCUT2D eigenvalue weighted by atomic mass is 10.1. The zero-order valence-corrected chi connectivity index (χ0v) is 14.5. The minimum absolute atomic E-state index is 0.0979. The number of aromatic hydroxyl groups is 1. The molecule has 1 amide bonds. The molecule has 0 spiro atoms. The van der Waals surface area contributed by atoms with Gasteiger partial charge < -0.3 is 15.3 Å². The molecule has 1 unspecified atom stereocenters. The number of phenolic OH excluding ortho intramolecular Hbond substituents is 1. The number of phenols is 1. The van der Waals surface area contributed by atoms with Crippen LogP contribution in [0, 0.1) is 0 Å². The molecule has 8 heteroatoms. The van der Waals surface area contributed by atoms with Crippen LogP contribution in [0.1, 0.15) is 16.9 Å². The number of fused-ring (bicyclic) bond motifs is 1. The van der Waals surface area contributed by atoms with Crippen molar-refractivity contribution in [2.24, 2.45) is 4.99 Å². The topological polar surface area (TPSA) is 77.8 Å². The molecule has 2 heterocycles. The highest BCUT2D eigenvalue weighted by Crippen LogP contribution is 2.36. The molecule has 0 saturated carbocycles. The molecule has 1 aliphatic rings. The highest BCUT2D eigenvalue weighted by atomic mass is 35.5. The van der Waals surface area contributed by atoms with E-state index in [1.165, 1.54) is 6.07 Å². The van der Waals surface area contributed by atoms with Gasteiger partial charge in [-0.2, -0.15) is 0 Å². The number of likely N-dealkylation sites (N-methyl/N-ethyl adjacent to an activating group) is 1. The van der Waals surface area contributed by atoms with E-state index < -0.39 is 0 Å². The van der Waals surface area contributed by atoms with Crippen LogP contribution >= 0.6 is 23.2 Å². The first-order valence-corrected chi connectivity index (χ1v) is 8.20. The van der Waals surface area contributed by atoms with E-state index >= 15 is 0 Å². The molecule has 2 N–H and O–H groups in total. The monoisotopic (exact) mass is 366 g/mol. The van der Waals surface area contributed by atoms with E-state index in [2.05, 4.69) is 15.3 Å². The first-order valence-electron chi connectivity index (χ1n) is 7.45. The molecule has 0 fully saturated rings. The molecule has 1 aromatic carbocycles. The lowest BCUT2D eigenvalue weighted by molar-refractivity contribution is 0.0948. The number of rotatable bonds is 4. The average Bonchev–Trinajstić information content (AvgIpc) is 2.97. The van der Waals surface area contributed by atoms with Crippen LogP contribution in [-0.4, -0.2) is 53.4 Å². The minimum Gasteiger partial charge on any atom is -0.504 e. The molecule has 0 bridgehead atoms. The van der Waals surface area contributed by atoms with Crippen LogP contribution in [0.2, 0.25) is 10.0 Å². The summed E-state index contributed by atoms with van der Waals surface area (Å²) in [6, 6.07) is 4.85. The summed E-state index contributed by atoms with van der Waals surface area (Å²) >= 11 is 12.0. The summed E-state index contributed by atoms with van der Waals surface area (Å²) in [5.74, 6) is -0.503. The smallest absolute Gasteiger partial charge is 0.269 e. The van der Waals surface area contributed by atoms with Gasteiger partial charge in [-0.1, -0.05) is 23.2 Å². The highest BCUT2D eigenvalue weighted by molar-refractivity contribution is 6.39. The summed E-state index contributed by atoms with van der Waals surface area (Å²) in [7, 11) is 1.96. The highest BCUT2D eigenvalue weighted by Gasteiger charge is 2.16. The quantitative estimate of drug-likeness (QED) is 0.871. The third-order valence-corrected chi connectivity index (χ3v) is 4.43. The van der Waals surface area contributed by atoms with Crippen LogP contribution in [0.15, 0.2) is 23.2 Å². The van der Waals surface area contributed by atoms with E-state index in [1.54, 1.807) is 18.5 Å². The molecule has 1 aliphatic heterocycles. The van der Waals surface area contributed by atoms with Crippen LogP contribution in [0.25, 0.3) is 10.9 Å². The number of amides is 1. The summed E-state index contributed by atoms with van der Waals surface area (Å²) < 4.78 is 0. The largest absolute Gasteiger partial charge is 0.504 e. The molecule has 1 aromatic heterocycles. The number of nitrogens with one attached hydrogen (secondary N) is 1. The summed E-state index contributed by atoms with van der Waals surface area (Å²) in [6.07, 6.45) is 2.55. The van der Waals surface area contributed by atoms with Crippen molar-refractivity contribution in [3.8, 4) is 5.75 Å². The van der Waals surface area contributed by atoms with E-state index in [0.717, 1.165) is 13.0 Å². The van der Waals surface area contributed by atoms with Gasteiger partial charge in [0.1, 0.15) is 11.2 Å². The van der Waals surface area contributed by atoms with Crippen molar-refractivity contribution in [3.63, 3.8) is 0 Å². The van der Waals surface area contributed by atoms with E-state index in [1.807, 2.05) is 11.9 Å². The van der Waals surface area contributed by atoms with Crippen LogP contribution < -0.4 is 5.32 Å². The number of pyridine rings is 1. The maximum absolute atomic E-state index is 12.2. The summed E-state index contributed by atoms with van der Waals surface area (Å²) in [6.45, 7) is 1.35. The van der Waals surface area contributed by atoms with Crippen LogP contribution in [0.4, 0.5) is 0 Å². The summed E-state index contributed by atoms with van der Waals surface area (Å²) in [5.41, 5.74) is 0.408. The number of nitrogens with zero attached hydrogens (tertiary/aromatic N) is 3. The predicted molar refractivity (Wildman–Crippen MR) is 95.3 cm³/mol. The third-order valence-electron chi connectivity index (χ3n) is 3.83. The van der Waals surface area contributed by atoms with Gasteiger partial charge in [0.15, 0.2) is 5.75 Å². The predicted octanol–water partition coefficient (Wildman–Crippen LogP) is 2.71. The van der Waals surface area contributed by atoms with Crippen molar-refractivity contribution in [3.05, 3.63) is 33.9 Å². The van der Waals surface area contributed by atoms with E-state index in [0.29, 0.717) is 17.0 Å². The fourth-order valence-electron chi connectivity index (χ4n) is 2.57. The van der Waals surface area contributed by atoms with Crippen LogP contribution in [0.3, 0.4) is 0 Å². The van der Waals surface area contributed by atoms with Crippen molar-refractivity contribution in [1.29, 1.82) is 0 Å². The Kier molecular flexibility index (Phi) is 4.78. The summed E-state index contributed by atoms with van der Waals surface area (Å²) in [5, 5.41) is 13.8. The lowest BCUT2D eigenvalue weighted by Gasteiger charge is -2.11. The lowest BCUT2D eigenvalue weighted by Crippen LogP contribution is -2.29. The summed E-state index contributed by atoms with van der Waals surface area (Å²) in [4.78, 5) is 22.8. The second kappa shape index (κ2) is 6.83. The first-order chi connectivity index (χ1) is 11.5. The van der Waals surface area contributed by atoms with Crippen LogP contribution in [-0.2, 0) is 0 Å². The van der Waals surface area contributed by atoms with Crippen molar-refractivity contribution in [2.45, 2.75) is 12.5 Å². The molecule has 0 radical (unpaired) electrons. The maximum atomic E-state index is 12.2. The van der Waals surface area contributed by atoms with Crippen LogP contribution in [0.5, 0.6) is 5.75 Å². The van der Waals surface area contributed by atoms with Gasteiger partial charge in [-0.15, -0.1) is 0 Å². The minimum atomic E-state index is -0.317. The Hall–Kier alpha value is -2.05. The van der Waals surface area contributed by atoms with Gasteiger partial charge in [0.2, 0.25) is 0 Å². The Morgan fingerprint density at radius 3 is 2.92 bits per heavy atom. The van der Waals surface area contributed by atoms with Gasteiger partial charge in [0.25, 0.3) is 5.91 Å². The number of hydrogen-bond donors (Lipinski definition) is 2. The first kappa shape index (κ1) is 16.8. The second-order valence-corrected chi connectivity index (χ2v) is 6.50. The van der Waals surface area contributed by atoms with E-state index in [4.69, 9.17) is 23.2 Å². The number of carbonyl (C=O) groups is 1. The third kappa shape index (κ3) is 3.39. The Balaban J connectivity index is 1.71. The van der Waals surface area contributed by atoms with Crippen molar-refractivity contribution < 1.29 is 9.90 Å². The van der Waals surface area contributed by atoms with E-state index in [-0.39, 0.29) is 33.9 Å². The average molecular weight is 367 g/mol. The molecule has 126 valence electrons. The molecule has 6 nitrogen and oxygen atoms in total. The molecule has 2 aromatic rings. The molecule has 0 aliphatic carbocycles. The fourth-order valence-corrected chi connectivity index (χ4v) is 3.09. The fraction of sp³-hybridized carbons (Fsp3) is 0.312. The second-order valence-electron chi connectivity index (χ2n) is 5.68. The number of aliphatic imine (C=N–C) groups is 1. The van der Waals surface area contributed by atoms with Gasteiger partial charge in [0, 0.05) is 25.5 Å². The Morgan fingerprint density at radius 1 is 1.42 bits per heavy atom. The number of hydrogen-bond acceptors (Lipinski definition) is 5. The molecular weight excluding hydrogens is 351 g/mol. The zero-order chi connectivity index (χ0) is 17.3. The number of halogens is 2. The zero-order valence-electron chi connectivity index (χ0n) is 13.0. The SMILES string of the molecule is CN1C=NC(CCNC(=O)c2ccc3c(Cl)cc(Cl)c(O)c3n2)C1. The standard InChI is InChI=1S/C16H16Cl2N4O2/c1-22-7-9(20-8-22)4-5-19-16(24)13-3-2-10-11(17)6-12(18)15(23)14(10)21-13/h2-3,6,8-9,23H,4-5,7H2,1H3,(H,19,24). The van der Waals surface area contributed by atoms with Crippen molar-refractivity contribution in [2.75, 3.05) is 20.1 Å². The Morgan fingerprint density at radius 2 is 2.21 bits per heavy atom. The normalized spacial score (nSPS) is 16.8. The molecule has 1 atom stereocenters. The Labute approximate surface area is 149 Å². The molecule has 24 heavy (non-hydrogen) atoms. The number of benzene rings is 1. The van der Waals surface area contributed by atoms with Gasteiger partial charge >= 0.3 is 0 Å². The number of carbonyl (C=O) groups excluding carboxylic acids is 1. The van der Waals surface area contributed by atoms with Crippen molar-refractivity contribution in [1.82, 2.24) is 15.2 Å².